The van der Waals surface area contributed by atoms with E-state index in [-0.39, 0.29) is 5.56 Å². The summed E-state index contributed by atoms with van der Waals surface area (Å²) in [4.78, 5) is 35.5. The Kier molecular flexibility index (Phi) is 7.30. The fourth-order valence-electron chi connectivity index (χ4n) is 1.98. The van der Waals surface area contributed by atoms with Gasteiger partial charge in [-0.2, -0.15) is 0 Å². The van der Waals surface area contributed by atoms with Gasteiger partial charge in [-0.3, -0.25) is 25.2 Å². The van der Waals surface area contributed by atoms with Gasteiger partial charge in [0.2, 0.25) is 0 Å². The Morgan fingerprint density at radius 1 is 1.11 bits per heavy atom. The minimum absolute atomic E-state index is 0.176. The van der Waals surface area contributed by atoms with Crippen LogP contribution in [0.2, 0.25) is 0 Å². The van der Waals surface area contributed by atoms with E-state index in [1.54, 1.807) is 18.2 Å². The Balaban J connectivity index is 1.75. The quantitative estimate of drug-likeness (QED) is 0.601. The molecule has 3 amide bonds. The maximum Gasteiger partial charge on any atom is 0.279 e. The first-order valence-corrected chi connectivity index (χ1v) is 8.70. The number of carbonyl (C=O) groups is 3. The van der Waals surface area contributed by atoms with Crippen molar-refractivity contribution in [3.63, 3.8) is 0 Å². The van der Waals surface area contributed by atoms with Crippen LogP contribution in [0.4, 0.5) is 4.39 Å². The van der Waals surface area contributed by atoms with Crippen molar-refractivity contribution >= 4 is 33.7 Å². The molecule has 0 aliphatic carbocycles. The number of hydrogen-bond donors (Lipinski definition) is 3. The molecule has 0 fully saturated rings. The van der Waals surface area contributed by atoms with Crippen molar-refractivity contribution in [2.75, 3.05) is 6.54 Å². The van der Waals surface area contributed by atoms with Gasteiger partial charge in [0.25, 0.3) is 17.7 Å². The summed E-state index contributed by atoms with van der Waals surface area (Å²) in [5.74, 6) is -2.20. The zero-order valence-electron chi connectivity index (χ0n) is 14.3. The van der Waals surface area contributed by atoms with Crippen LogP contribution in [0.3, 0.4) is 0 Å². The lowest BCUT2D eigenvalue weighted by molar-refractivity contribution is -0.132. The Hall–Kier alpha value is -2.94. The van der Waals surface area contributed by atoms with Gasteiger partial charge in [0.1, 0.15) is 11.6 Å². The third kappa shape index (κ3) is 6.37. The standard InChI is InChI=1S/C18H17BrFN3O4/c1-11(27-13-6-4-5-12(19)9-13)17(25)23-22-16(24)10-21-18(26)14-7-2-3-8-15(14)20/h2-9,11H,10H2,1H3,(H,21,26)(H,22,24)(H,23,25). The van der Waals surface area contributed by atoms with Crippen LogP contribution in [0.15, 0.2) is 53.0 Å². The fraction of sp³-hybridized carbons (Fsp3) is 0.167. The molecule has 0 bridgehead atoms. The Bertz CT molecular complexity index is 847. The van der Waals surface area contributed by atoms with Crippen molar-refractivity contribution < 1.29 is 23.5 Å². The molecular weight excluding hydrogens is 421 g/mol. The normalized spacial score (nSPS) is 11.2. The molecule has 7 nitrogen and oxygen atoms in total. The third-order valence-electron chi connectivity index (χ3n) is 3.33. The minimum atomic E-state index is -0.868. The highest BCUT2D eigenvalue weighted by Crippen LogP contribution is 2.18. The van der Waals surface area contributed by atoms with Gasteiger partial charge >= 0.3 is 0 Å². The first-order valence-electron chi connectivity index (χ1n) is 7.90. The number of halogens is 2. The number of rotatable bonds is 6. The van der Waals surface area contributed by atoms with Crippen LogP contribution >= 0.6 is 15.9 Å². The van der Waals surface area contributed by atoms with Gasteiger partial charge in [-0.1, -0.05) is 34.1 Å². The molecule has 0 saturated heterocycles. The van der Waals surface area contributed by atoms with Gasteiger partial charge in [0.15, 0.2) is 6.10 Å². The molecule has 0 radical (unpaired) electrons. The topological polar surface area (TPSA) is 96.5 Å². The molecule has 0 aromatic heterocycles. The van der Waals surface area contributed by atoms with Crippen LogP contribution in [-0.2, 0) is 9.59 Å². The number of amides is 3. The van der Waals surface area contributed by atoms with Crippen molar-refractivity contribution in [2.24, 2.45) is 0 Å². The van der Waals surface area contributed by atoms with Gasteiger partial charge in [-0.15, -0.1) is 0 Å². The van der Waals surface area contributed by atoms with Crippen LogP contribution < -0.4 is 20.9 Å². The lowest BCUT2D eigenvalue weighted by Gasteiger charge is -2.15. The first-order chi connectivity index (χ1) is 12.9. The van der Waals surface area contributed by atoms with Gasteiger partial charge < -0.3 is 10.1 Å². The average molecular weight is 438 g/mol. The van der Waals surface area contributed by atoms with Crippen molar-refractivity contribution in [3.8, 4) is 5.75 Å². The molecule has 0 spiro atoms. The fourth-order valence-corrected chi connectivity index (χ4v) is 2.35. The monoisotopic (exact) mass is 437 g/mol. The number of hydrazine groups is 1. The van der Waals surface area contributed by atoms with Gasteiger partial charge in [-0.25, -0.2) is 4.39 Å². The maximum absolute atomic E-state index is 13.5. The predicted molar refractivity (Wildman–Crippen MR) is 99.3 cm³/mol. The van der Waals surface area contributed by atoms with Crippen molar-refractivity contribution in [3.05, 3.63) is 64.4 Å². The van der Waals surface area contributed by atoms with E-state index in [9.17, 15) is 18.8 Å². The van der Waals surface area contributed by atoms with E-state index >= 15 is 0 Å². The predicted octanol–water partition coefficient (Wildman–Crippen LogP) is 1.93. The summed E-state index contributed by atoms with van der Waals surface area (Å²) in [6, 6.07) is 12.3. The summed E-state index contributed by atoms with van der Waals surface area (Å²) in [7, 11) is 0. The smallest absolute Gasteiger partial charge is 0.279 e. The average Bonchev–Trinajstić information content (AvgIpc) is 2.64. The molecule has 2 aromatic carbocycles. The van der Waals surface area contributed by atoms with Gasteiger partial charge in [0, 0.05) is 4.47 Å². The number of ether oxygens (including phenoxy) is 1. The van der Waals surface area contributed by atoms with Crippen molar-refractivity contribution in [2.45, 2.75) is 13.0 Å². The molecule has 9 heteroatoms. The zero-order chi connectivity index (χ0) is 19.8. The second kappa shape index (κ2) is 9.67. The highest BCUT2D eigenvalue weighted by Gasteiger charge is 2.16. The van der Waals surface area contributed by atoms with Crippen molar-refractivity contribution in [1.29, 1.82) is 0 Å². The van der Waals surface area contributed by atoms with Crippen LogP contribution in [0.5, 0.6) is 5.75 Å². The van der Waals surface area contributed by atoms with Crippen molar-refractivity contribution in [1.82, 2.24) is 16.2 Å². The molecular formula is C18H17BrFN3O4. The van der Waals surface area contributed by atoms with Crippen LogP contribution in [0, 0.1) is 5.82 Å². The Labute approximate surface area is 163 Å². The third-order valence-corrected chi connectivity index (χ3v) is 3.82. The summed E-state index contributed by atoms with van der Waals surface area (Å²) < 4.78 is 19.7. The summed E-state index contributed by atoms with van der Waals surface area (Å²) >= 11 is 3.29. The second-order valence-corrected chi connectivity index (χ2v) is 6.33. The Morgan fingerprint density at radius 3 is 2.56 bits per heavy atom. The lowest BCUT2D eigenvalue weighted by atomic mass is 10.2. The largest absolute Gasteiger partial charge is 0.481 e. The van der Waals surface area contributed by atoms with E-state index in [2.05, 4.69) is 32.1 Å². The molecule has 2 aromatic rings. The Morgan fingerprint density at radius 2 is 1.85 bits per heavy atom. The summed E-state index contributed by atoms with van der Waals surface area (Å²) in [5.41, 5.74) is 4.16. The first kappa shape index (κ1) is 20.4. The molecule has 0 saturated carbocycles. The van der Waals surface area contributed by atoms with Gasteiger partial charge in [-0.05, 0) is 37.3 Å². The molecule has 0 aliphatic heterocycles. The van der Waals surface area contributed by atoms with Crippen LogP contribution in [0.25, 0.3) is 0 Å². The van der Waals surface area contributed by atoms with E-state index in [1.165, 1.54) is 25.1 Å². The number of benzene rings is 2. The summed E-state index contributed by atoms with van der Waals surface area (Å²) in [6.07, 6.45) is -0.868. The van der Waals surface area contributed by atoms with Crippen LogP contribution in [-0.4, -0.2) is 30.4 Å². The zero-order valence-corrected chi connectivity index (χ0v) is 15.9. The molecule has 27 heavy (non-hydrogen) atoms. The number of nitrogens with one attached hydrogen (secondary N) is 3. The highest BCUT2D eigenvalue weighted by atomic mass is 79.9. The highest BCUT2D eigenvalue weighted by molar-refractivity contribution is 9.10. The van der Waals surface area contributed by atoms with Gasteiger partial charge in [0.05, 0.1) is 12.1 Å². The minimum Gasteiger partial charge on any atom is -0.481 e. The molecule has 0 aliphatic rings. The number of carbonyl (C=O) groups excluding carboxylic acids is 3. The van der Waals surface area contributed by atoms with Crippen LogP contribution in [0.1, 0.15) is 17.3 Å². The molecule has 2 rings (SSSR count). The molecule has 1 atom stereocenters. The number of hydrogen-bond acceptors (Lipinski definition) is 4. The summed E-state index contributed by atoms with van der Waals surface area (Å²) in [5, 5.41) is 2.26. The molecule has 3 N–H and O–H groups in total. The van der Waals surface area contributed by atoms with E-state index < -0.39 is 36.2 Å². The SMILES string of the molecule is CC(Oc1cccc(Br)c1)C(=O)NNC(=O)CNC(=O)c1ccccc1F. The maximum atomic E-state index is 13.5. The summed E-state index contributed by atoms with van der Waals surface area (Å²) in [6.45, 7) is 1.08. The van der Waals surface area contributed by atoms with E-state index in [0.717, 1.165) is 10.5 Å². The molecule has 142 valence electrons. The molecule has 1 unspecified atom stereocenters. The van der Waals surface area contributed by atoms with E-state index in [0.29, 0.717) is 5.75 Å². The van der Waals surface area contributed by atoms with E-state index in [4.69, 9.17) is 4.74 Å². The molecule has 0 heterocycles. The second-order valence-electron chi connectivity index (χ2n) is 5.42. The lowest BCUT2D eigenvalue weighted by Crippen LogP contribution is -2.50. The van der Waals surface area contributed by atoms with E-state index in [1.807, 2.05) is 6.07 Å².